The van der Waals surface area contributed by atoms with Crippen LogP contribution < -0.4 is 0 Å². The van der Waals surface area contributed by atoms with Crippen LogP contribution in [0.2, 0.25) is 10.0 Å². The molecule has 0 fully saturated rings. The maximum atomic E-state index is 6.40. The van der Waals surface area contributed by atoms with Gasteiger partial charge in [-0.2, -0.15) is 0 Å². The number of hydrogen-bond donors (Lipinski definition) is 0. The molecule has 0 amide bonds. The van der Waals surface area contributed by atoms with E-state index < -0.39 is 0 Å². The molecule has 0 saturated carbocycles. The van der Waals surface area contributed by atoms with Crippen molar-refractivity contribution in [3.8, 4) is 5.69 Å². The van der Waals surface area contributed by atoms with Gasteiger partial charge in [-0.25, -0.2) is 4.98 Å². The van der Waals surface area contributed by atoms with Gasteiger partial charge in [0.25, 0.3) is 0 Å². The molecule has 0 aliphatic rings. The summed E-state index contributed by atoms with van der Waals surface area (Å²) in [6.45, 7) is 2.06. The van der Waals surface area contributed by atoms with Crippen molar-refractivity contribution < 1.29 is 0 Å². The number of hydrogen-bond acceptors (Lipinski definition) is 1. The van der Waals surface area contributed by atoms with Gasteiger partial charge in [-0.05, 0) is 30.7 Å². The second kappa shape index (κ2) is 5.88. The van der Waals surface area contributed by atoms with Crippen LogP contribution in [0, 0.1) is 6.92 Å². The number of imidazole rings is 1. The molecule has 0 radical (unpaired) electrons. The Hall–Kier alpha value is -1.22. The number of alkyl halides is 1. The van der Waals surface area contributed by atoms with Crippen molar-refractivity contribution in [2.24, 2.45) is 0 Å². The molecule has 2 aromatic carbocycles. The molecule has 0 aliphatic heterocycles. The summed E-state index contributed by atoms with van der Waals surface area (Å²) >= 11 is 18.5. The van der Waals surface area contributed by atoms with Crippen LogP contribution in [0.15, 0.2) is 36.4 Å². The predicted octanol–water partition coefficient (Wildman–Crippen LogP) is 5.42. The molecule has 0 aliphatic carbocycles. The van der Waals surface area contributed by atoms with Crippen molar-refractivity contribution in [3.05, 3.63) is 57.8 Å². The molecule has 3 aromatic rings. The van der Waals surface area contributed by atoms with E-state index in [-0.39, 0.29) is 0 Å². The van der Waals surface area contributed by atoms with Crippen LogP contribution in [0.1, 0.15) is 11.4 Å². The number of para-hydroxylation sites is 1. The normalized spacial score (nSPS) is 11.2. The molecule has 5 heteroatoms. The zero-order valence-electron chi connectivity index (χ0n) is 11.4. The maximum absolute atomic E-state index is 6.40. The number of aromatic nitrogens is 2. The summed E-state index contributed by atoms with van der Waals surface area (Å²) in [7, 11) is 0. The Bertz CT molecular complexity index is 809. The standard InChI is InChI=1S/C16H13Cl3N2/c1-10-4-2-6-12-16(10)21(14(20-12)8-9-17)13-7-3-5-11(18)15(13)19/h2-7H,8-9H2,1H3. The van der Waals surface area contributed by atoms with Crippen molar-refractivity contribution >= 4 is 45.8 Å². The van der Waals surface area contributed by atoms with E-state index in [2.05, 4.69) is 22.5 Å². The molecule has 3 rings (SSSR count). The second-order valence-electron chi connectivity index (χ2n) is 4.82. The van der Waals surface area contributed by atoms with Gasteiger partial charge in [0.1, 0.15) is 5.82 Å². The third-order valence-electron chi connectivity index (χ3n) is 3.44. The first-order chi connectivity index (χ1) is 10.1. The lowest BCUT2D eigenvalue weighted by atomic mass is 10.2. The monoisotopic (exact) mass is 338 g/mol. The molecule has 0 spiro atoms. The lowest BCUT2D eigenvalue weighted by Gasteiger charge is -2.12. The number of aryl methyl sites for hydroxylation is 2. The molecule has 1 aromatic heterocycles. The molecule has 0 atom stereocenters. The summed E-state index contributed by atoms with van der Waals surface area (Å²) in [5.74, 6) is 1.39. The molecule has 2 nitrogen and oxygen atoms in total. The molecule has 0 bridgehead atoms. The lowest BCUT2D eigenvalue weighted by molar-refractivity contribution is 0.911. The first-order valence-corrected chi connectivity index (χ1v) is 7.90. The highest BCUT2D eigenvalue weighted by Crippen LogP contribution is 2.33. The number of benzene rings is 2. The zero-order valence-corrected chi connectivity index (χ0v) is 13.7. The minimum absolute atomic E-state index is 0.501. The van der Waals surface area contributed by atoms with Crippen LogP contribution in [0.25, 0.3) is 16.7 Å². The van der Waals surface area contributed by atoms with Crippen LogP contribution in [-0.2, 0) is 6.42 Å². The van der Waals surface area contributed by atoms with Crippen LogP contribution >= 0.6 is 34.8 Å². The largest absolute Gasteiger partial charge is 0.294 e. The highest BCUT2D eigenvalue weighted by atomic mass is 35.5. The van der Waals surface area contributed by atoms with Gasteiger partial charge in [-0.1, -0.05) is 41.4 Å². The quantitative estimate of drug-likeness (QED) is 0.582. The van der Waals surface area contributed by atoms with Crippen LogP contribution in [0.5, 0.6) is 0 Å². The molecular weight excluding hydrogens is 327 g/mol. The average Bonchev–Trinajstić information content (AvgIpc) is 2.82. The molecule has 1 heterocycles. The van der Waals surface area contributed by atoms with Crippen LogP contribution in [0.4, 0.5) is 0 Å². The summed E-state index contributed by atoms with van der Waals surface area (Å²) in [6.07, 6.45) is 0.665. The van der Waals surface area contributed by atoms with Crippen molar-refractivity contribution in [1.29, 1.82) is 0 Å². The summed E-state index contributed by atoms with van der Waals surface area (Å²) in [6, 6.07) is 11.7. The van der Waals surface area contributed by atoms with E-state index in [9.17, 15) is 0 Å². The third-order valence-corrected chi connectivity index (χ3v) is 4.44. The van der Waals surface area contributed by atoms with Crippen molar-refractivity contribution in [3.63, 3.8) is 0 Å². The van der Waals surface area contributed by atoms with E-state index in [1.165, 1.54) is 0 Å². The maximum Gasteiger partial charge on any atom is 0.115 e. The average molecular weight is 340 g/mol. The zero-order chi connectivity index (χ0) is 15.0. The Labute approximate surface area is 138 Å². The fraction of sp³-hybridized carbons (Fsp3) is 0.188. The number of rotatable bonds is 3. The van der Waals surface area contributed by atoms with Gasteiger partial charge in [0, 0.05) is 12.3 Å². The van der Waals surface area contributed by atoms with E-state index in [0.29, 0.717) is 22.3 Å². The second-order valence-corrected chi connectivity index (χ2v) is 5.98. The van der Waals surface area contributed by atoms with Crippen molar-refractivity contribution in [1.82, 2.24) is 9.55 Å². The van der Waals surface area contributed by atoms with Crippen LogP contribution in [0.3, 0.4) is 0 Å². The van der Waals surface area contributed by atoms with E-state index in [1.54, 1.807) is 6.07 Å². The molecule has 0 saturated heterocycles. The van der Waals surface area contributed by atoms with Gasteiger partial charge in [-0.3, -0.25) is 4.57 Å². The van der Waals surface area contributed by atoms with Gasteiger partial charge in [-0.15, -0.1) is 11.6 Å². The Kier molecular flexibility index (Phi) is 4.12. The Morgan fingerprint density at radius 2 is 1.86 bits per heavy atom. The number of fused-ring (bicyclic) bond motifs is 1. The van der Waals surface area contributed by atoms with Crippen LogP contribution in [-0.4, -0.2) is 15.4 Å². The van der Waals surface area contributed by atoms with Gasteiger partial charge < -0.3 is 0 Å². The van der Waals surface area contributed by atoms with Gasteiger partial charge in [0.2, 0.25) is 0 Å². The molecule has 21 heavy (non-hydrogen) atoms. The van der Waals surface area contributed by atoms with Gasteiger partial charge in [0.15, 0.2) is 0 Å². The summed E-state index contributed by atoms with van der Waals surface area (Å²) in [5, 5.41) is 1.05. The number of nitrogens with zero attached hydrogens (tertiary/aromatic N) is 2. The molecular formula is C16H13Cl3N2. The highest BCUT2D eigenvalue weighted by Gasteiger charge is 2.16. The topological polar surface area (TPSA) is 17.8 Å². The SMILES string of the molecule is Cc1cccc2nc(CCCl)n(-c3cccc(Cl)c3Cl)c12. The Morgan fingerprint density at radius 3 is 2.62 bits per heavy atom. The summed E-state index contributed by atoms with van der Waals surface area (Å²) in [4.78, 5) is 4.69. The van der Waals surface area contributed by atoms with E-state index in [0.717, 1.165) is 28.1 Å². The predicted molar refractivity (Wildman–Crippen MR) is 90.3 cm³/mol. The van der Waals surface area contributed by atoms with Gasteiger partial charge in [0.05, 0.1) is 26.8 Å². The van der Waals surface area contributed by atoms with Crippen molar-refractivity contribution in [2.45, 2.75) is 13.3 Å². The molecule has 0 N–H and O–H groups in total. The number of halogens is 3. The summed E-state index contributed by atoms with van der Waals surface area (Å²) in [5.41, 5.74) is 3.95. The summed E-state index contributed by atoms with van der Waals surface area (Å²) < 4.78 is 2.06. The van der Waals surface area contributed by atoms with Gasteiger partial charge >= 0.3 is 0 Å². The minimum atomic E-state index is 0.501. The first kappa shape index (κ1) is 14.7. The van der Waals surface area contributed by atoms with E-state index in [4.69, 9.17) is 34.8 Å². The lowest BCUT2D eigenvalue weighted by Crippen LogP contribution is -2.03. The van der Waals surface area contributed by atoms with E-state index >= 15 is 0 Å². The minimum Gasteiger partial charge on any atom is -0.294 e. The smallest absolute Gasteiger partial charge is 0.115 e. The fourth-order valence-electron chi connectivity index (χ4n) is 2.52. The van der Waals surface area contributed by atoms with Crippen molar-refractivity contribution in [2.75, 3.05) is 5.88 Å². The van der Waals surface area contributed by atoms with E-state index in [1.807, 2.05) is 24.3 Å². The Balaban J connectivity index is 2.39. The first-order valence-electron chi connectivity index (χ1n) is 6.60. The fourth-order valence-corrected chi connectivity index (χ4v) is 3.07. The molecule has 108 valence electrons. The Morgan fingerprint density at radius 1 is 1.10 bits per heavy atom. The highest BCUT2D eigenvalue weighted by molar-refractivity contribution is 6.43. The molecule has 0 unspecified atom stereocenters. The third kappa shape index (κ3) is 2.52.